The molecule has 1 amide bonds. The molecule has 0 fully saturated rings. The second-order valence-corrected chi connectivity index (χ2v) is 9.18. The first-order chi connectivity index (χ1) is 18.5. The van der Waals surface area contributed by atoms with E-state index in [1.807, 2.05) is 30.3 Å². The summed E-state index contributed by atoms with van der Waals surface area (Å²) in [7, 11) is 1.53. The summed E-state index contributed by atoms with van der Waals surface area (Å²) >= 11 is 12.5. The third-order valence-corrected chi connectivity index (χ3v) is 6.56. The van der Waals surface area contributed by atoms with Gasteiger partial charge in [0.05, 0.1) is 18.7 Å². The predicted molar refractivity (Wildman–Crippen MR) is 150 cm³/mol. The fourth-order valence-electron chi connectivity index (χ4n) is 3.80. The lowest BCUT2D eigenvalue weighted by Gasteiger charge is -2.22. The van der Waals surface area contributed by atoms with Crippen LogP contribution in [-0.2, 0) is 17.9 Å². The van der Waals surface area contributed by atoms with Gasteiger partial charge in [-0.05, 0) is 59.7 Å². The summed E-state index contributed by atoms with van der Waals surface area (Å²) in [6, 6.07) is 28.5. The maximum Gasteiger partial charge on any atom is 0.247 e. The van der Waals surface area contributed by atoms with Gasteiger partial charge in [-0.3, -0.25) is 4.79 Å². The van der Waals surface area contributed by atoms with E-state index in [0.29, 0.717) is 50.5 Å². The van der Waals surface area contributed by atoms with Crippen molar-refractivity contribution in [1.82, 2.24) is 5.32 Å². The Labute approximate surface area is 231 Å². The molecule has 0 aromatic heterocycles. The number of hydrogen-bond acceptors (Lipinski definition) is 5. The number of methoxy groups -OCH3 is 1. The van der Waals surface area contributed by atoms with Gasteiger partial charge in [0.2, 0.25) is 5.91 Å². The molecule has 0 saturated carbocycles. The second kappa shape index (κ2) is 12.9. The summed E-state index contributed by atoms with van der Waals surface area (Å²) in [5, 5.41) is 16.4. The van der Waals surface area contributed by atoms with Crippen molar-refractivity contribution in [3.63, 3.8) is 0 Å². The number of rotatable bonds is 10. The first-order valence-electron chi connectivity index (χ1n) is 11.8. The molecule has 38 heavy (non-hydrogen) atoms. The third kappa shape index (κ3) is 6.77. The molecule has 0 spiro atoms. The van der Waals surface area contributed by atoms with Crippen LogP contribution in [0, 0.1) is 11.3 Å². The molecule has 4 aromatic carbocycles. The molecular formula is C30H25Cl2N3O3. The van der Waals surface area contributed by atoms with E-state index in [9.17, 15) is 4.79 Å². The molecule has 0 aliphatic carbocycles. The van der Waals surface area contributed by atoms with Crippen LogP contribution in [0.4, 0.5) is 5.69 Å². The summed E-state index contributed by atoms with van der Waals surface area (Å²) in [5.74, 6) is 0.707. The van der Waals surface area contributed by atoms with Gasteiger partial charge in [-0.25, -0.2) is 0 Å². The van der Waals surface area contributed by atoms with E-state index in [0.717, 1.165) is 5.56 Å². The fraction of sp³-hybridized carbons (Fsp3) is 0.133. The standard InChI is InChI=1S/C30H25Cl2N3O3/c1-37-28-16-22(12-15-27(28)38-19-24-25(31)8-5-9-26(24)32)29(35-23-13-10-20(17-33)11-14-23)30(36)34-18-21-6-3-2-4-7-21/h2-16,29,35H,18-19H2,1H3,(H,34,36)/t29-/m1/s1. The van der Waals surface area contributed by atoms with Crippen molar-refractivity contribution in [2.24, 2.45) is 0 Å². The van der Waals surface area contributed by atoms with Gasteiger partial charge in [0.15, 0.2) is 11.5 Å². The van der Waals surface area contributed by atoms with Gasteiger partial charge in [-0.1, -0.05) is 65.7 Å². The molecule has 0 aliphatic heterocycles. The SMILES string of the molecule is COc1cc([C@@H](Nc2ccc(C#N)cc2)C(=O)NCc2ccccc2)ccc1OCc1c(Cl)cccc1Cl. The monoisotopic (exact) mass is 545 g/mol. The minimum Gasteiger partial charge on any atom is -0.493 e. The Bertz CT molecular complexity index is 1420. The topological polar surface area (TPSA) is 83.4 Å². The van der Waals surface area contributed by atoms with E-state index < -0.39 is 6.04 Å². The van der Waals surface area contributed by atoms with Crippen LogP contribution in [0.1, 0.15) is 28.3 Å². The molecule has 4 rings (SSSR count). The van der Waals surface area contributed by atoms with Gasteiger partial charge in [-0.15, -0.1) is 0 Å². The molecule has 8 heteroatoms. The maximum atomic E-state index is 13.4. The molecule has 1 atom stereocenters. The Morgan fingerprint density at radius 2 is 1.63 bits per heavy atom. The molecule has 0 unspecified atom stereocenters. The molecule has 192 valence electrons. The average molecular weight is 546 g/mol. The largest absolute Gasteiger partial charge is 0.493 e. The number of ether oxygens (including phenoxy) is 2. The number of halogens is 2. The summed E-state index contributed by atoms with van der Waals surface area (Å²) in [6.45, 7) is 0.529. The zero-order valence-electron chi connectivity index (χ0n) is 20.6. The zero-order valence-corrected chi connectivity index (χ0v) is 22.1. The van der Waals surface area contributed by atoms with Crippen LogP contribution in [0.3, 0.4) is 0 Å². The lowest BCUT2D eigenvalue weighted by molar-refractivity contribution is -0.122. The van der Waals surface area contributed by atoms with E-state index in [4.69, 9.17) is 37.9 Å². The Kier molecular flexibility index (Phi) is 9.10. The molecule has 0 aliphatic rings. The highest BCUT2D eigenvalue weighted by Crippen LogP contribution is 2.34. The number of anilines is 1. The number of nitriles is 1. The van der Waals surface area contributed by atoms with Crippen LogP contribution >= 0.6 is 23.2 Å². The minimum atomic E-state index is -0.743. The van der Waals surface area contributed by atoms with Crippen molar-refractivity contribution < 1.29 is 14.3 Å². The van der Waals surface area contributed by atoms with Gasteiger partial charge in [-0.2, -0.15) is 5.26 Å². The lowest BCUT2D eigenvalue weighted by Crippen LogP contribution is -2.33. The first kappa shape index (κ1) is 26.9. The number of benzene rings is 4. The van der Waals surface area contributed by atoms with Crippen LogP contribution in [0.15, 0.2) is 91.0 Å². The molecular weight excluding hydrogens is 521 g/mol. The third-order valence-electron chi connectivity index (χ3n) is 5.85. The van der Waals surface area contributed by atoms with E-state index in [2.05, 4.69) is 16.7 Å². The number of nitrogens with zero attached hydrogens (tertiary/aromatic N) is 1. The normalized spacial score (nSPS) is 11.2. The van der Waals surface area contributed by atoms with Gasteiger partial charge in [0.1, 0.15) is 12.6 Å². The summed E-state index contributed by atoms with van der Waals surface area (Å²) in [5.41, 5.74) is 3.54. The molecule has 0 bridgehead atoms. The summed E-state index contributed by atoms with van der Waals surface area (Å²) < 4.78 is 11.6. The molecule has 0 radical (unpaired) electrons. The lowest BCUT2D eigenvalue weighted by atomic mass is 10.0. The van der Waals surface area contributed by atoms with Gasteiger partial charge >= 0.3 is 0 Å². The molecule has 2 N–H and O–H groups in total. The fourth-order valence-corrected chi connectivity index (χ4v) is 4.30. The van der Waals surface area contributed by atoms with Gasteiger partial charge in [0.25, 0.3) is 0 Å². The van der Waals surface area contributed by atoms with Gasteiger partial charge < -0.3 is 20.1 Å². The molecule has 0 heterocycles. The zero-order chi connectivity index (χ0) is 26.9. The summed E-state index contributed by atoms with van der Waals surface area (Å²) in [6.07, 6.45) is 0. The smallest absolute Gasteiger partial charge is 0.247 e. The maximum absolute atomic E-state index is 13.4. The number of nitrogens with one attached hydrogen (secondary N) is 2. The van der Waals surface area contributed by atoms with E-state index >= 15 is 0 Å². The van der Waals surface area contributed by atoms with Crippen molar-refractivity contribution in [3.05, 3.63) is 123 Å². The number of carbonyl (C=O) groups is 1. The number of amides is 1. The van der Waals surface area contributed by atoms with Crippen molar-refractivity contribution in [2.75, 3.05) is 12.4 Å². The van der Waals surface area contributed by atoms with Crippen molar-refractivity contribution in [1.29, 1.82) is 5.26 Å². The number of carbonyl (C=O) groups excluding carboxylic acids is 1. The van der Waals surface area contributed by atoms with Crippen LogP contribution in [0.5, 0.6) is 11.5 Å². The highest BCUT2D eigenvalue weighted by Gasteiger charge is 2.22. The molecule has 4 aromatic rings. The predicted octanol–water partition coefficient (Wildman–Crippen LogP) is 6.92. The average Bonchev–Trinajstić information content (AvgIpc) is 2.95. The Hall–Kier alpha value is -4.18. The van der Waals surface area contributed by atoms with E-state index in [-0.39, 0.29) is 12.5 Å². The van der Waals surface area contributed by atoms with Crippen molar-refractivity contribution >= 4 is 34.8 Å². The quantitative estimate of drug-likeness (QED) is 0.226. The Balaban J connectivity index is 1.58. The number of hydrogen-bond donors (Lipinski definition) is 2. The van der Waals surface area contributed by atoms with Crippen LogP contribution in [0.25, 0.3) is 0 Å². The highest BCUT2D eigenvalue weighted by molar-refractivity contribution is 6.35. The van der Waals surface area contributed by atoms with E-state index in [1.165, 1.54) is 7.11 Å². The summed E-state index contributed by atoms with van der Waals surface area (Å²) in [4.78, 5) is 13.4. The molecule has 0 saturated heterocycles. The molecule has 6 nitrogen and oxygen atoms in total. The Morgan fingerprint density at radius 1 is 0.921 bits per heavy atom. The van der Waals surface area contributed by atoms with Crippen molar-refractivity contribution in [2.45, 2.75) is 19.2 Å². The van der Waals surface area contributed by atoms with Crippen LogP contribution in [0.2, 0.25) is 10.0 Å². The van der Waals surface area contributed by atoms with Gasteiger partial charge in [0, 0.05) is 27.8 Å². The Morgan fingerprint density at radius 3 is 2.29 bits per heavy atom. The van der Waals surface area contributed by atoms with Crippen molar-refractivity contribution in [3.8, 4) is 17.6 Å². The minimum absolute atomic E-state index is 0.151. The highest BCUT2D eigenvalue weighted by atomic mass is 35.5. The van der Waals surface area contributed by atoms with E-state index in [1.54, 1.807) is 60.7 Å². The first-order valence-corrected chi connectivity index (χ1v) is 12.6. The second-order valence-electron chi connectivity index (χ2n) is 8.37. The van der Waals surface area contributed by atoms with Crippen LogP contribution < -0.4 is 20.1 Å². The van der Waals surface area contributed by atoms with Crippen LogP contribution in [-0.4, -0.2) is 13.0 Å².